The van der Waals surface area contributed by atoms with Gasteiger partial charge >= 0.3 is 0 Å². The molecule has 0 unspecified atom stereocenters. The van der Waals surface area contributed by atoms with Gasteiger partial charge in [0.1, 0.15) is 5.78 Å². The number of rotatable bonds is 6. The highest BCUT2D eigenvalue weighted by Gasteiger charge is 2.27. The molecule has 128 valence electrons. The van der Waals surface area contributed by atoms with Crippen LogP contribution in [0.1, 0.15) is 53.4 Å². The summed E-state index contributed by atoms with van der Waals surface area (Å²) in [5, 5.41) is 0. The minimum absolute atomic E-state index is 0.207. The van der Waals surface area contributed by atoms with E-state index in [9.17, 15) is 4.79 Å². The Morgan fingerprint density at radius 3 is 1.73 bits per heavy atom. The Bertz CT molecular complexity index is 337. The number of hydrogen-bond donors (Lipinski definition) is 0. The zero-order valence-corrected chi connectivity index (χ0v) is 15.2. The first-order valence-electron chi connectivity index (χ1n) is 9.45. The van der Waals surface area contributed by atoms with Crippen molar-refractivity contribution in [2.45, 2.75) is 53.4 Å². The Hall–Kier alpha value is -0.410. The van der Waals surface area contributed by atoms with Gasteiger partial charge in [0, 0.05) is 24.9 Å². The highest BCUT2D eigenvalue weighted by Crippen LogP contribution is 2.25. The number of ketones is 1. The Labute approximate surface area is 137 Å². The smallest absolute Gasteiger partial charge is 0.138 e. The fourth-order valence-corrected chi connectivity index (χ4v) is 4.04. The van der Waals surface area contributed by atoms with E-state index < -0.39 is 0 Å². The van der Waals surface area contributed by atoms with E-state index in [1.165, 1.54) is 39.0 Å². The Morgan fingerprint density at radius 2 is 1.32 bits per heavy atom. The summed E-state index contributed by atoms with van der Waals surface area (Å²) in [4.78, 5) is 17.3. The topological polar surface area (TPSA) is 23.6 Å². The van der Waals surface area contributed by atoms with Crippen molar-refractivity contribution in [2.75, 3.05) is 39.3 Å². The number of carbonyl (C=O) groups is 1. The predicted molar refractivity (Wildman–Crippen MR) is 93.0 cm³/mol. The minimum atomic E-state index is 0.207. The van der Waals surface area contributed by atoms with Gasteiger partial charge in [-0.1, -0.05) is 27.7 Å². The normalized spacial score (nSPS) is 23.5. The molecular formula is C19H36N2O. The Morgan fingerprint density at radius 1 is 0.864 bits per heavy atom. The highest BCUT2D eigenvalue weighted by atomic mass is 16.1. The summed E-state index contributed by atoms with van der Waals surface area (Å²) in [5.74, 6) is 2.81. The van der Waals surface area contributed by atoms with Crippen molar-refractivity contribution in [3.63, 3.8) is 0 Å². The third kappa shape index (κ3) is 5.06. The zero-order chi connectivity index (χ0) is 16.1. The van der Waals surface area contributed by atoms with Crippen LogP contribution in [0.25, 0.3) is 0 Å². The van der Waals surface area contributed by atoms with Crippen LogP contribution in [0.15, 0.2) is 0 Å². The summed E-state index contributed by atoms with van der Waals surface area (Å²) >= 11 is 0. The number of Topliss-reactive ketones (excluding diaryl/α,β-unsaturated/α-hetero) is 1. The summed E-state index contributed by atoms with van der Waals surface area (Å²) in [6.45, 7) is 16.0. The van der Waals surface area contributed by atoms with Crippen LogP contribution in [0, 0.1) is 23.7 Å². The molecule has 0 saturated carbocycles. The van der Waals surface area contributed by atoms with Gasteiger partial charge in [0.2, 0.25) is 0 Å². The molecule has 0 bridgehead atoms. The second kappa shape index (κ2) is 8.44. The monoisotopic (exact) mass is 308 g/mol. The van der Waals surface area contributed by atoms with E-state index in [1.807, 2.05) is 13.8 Å². The molecule has 0 aromatic rings. The molecule has 2 aliphatic heterocycles. The van der Waals surface area contributed by atoms with Crippen LogP contribution in [0.4, 0.5) is 0 Å². The first kappa shape index (κ1) is 17.9. The van der Waals surface area contributed by atoms with Crippen LogP contribution < -0.4 is 0 Å². The molecular weight excluding hydrogens is 272 g/mol. The molecule has 0 atom stereocenters. The molecule has 0 aromatic carbocycles. The van der Waals surface area contributed by atoms with Gasteiger partial charge < -0.3 is 9.80 Å². The van der Waals surface area contributed by atoms with Crippen molar-refractivity contribution in [1.29, 1.82) is 0 Å². The lowest BCUT2D eigenvalue weighted by Crippen LogP contribution is -2.43. The van der Waals surface area contributed by atoms with E-state index in [0.717, 1.165) is 37.8 Å². The summed E-state index contributed by atoms with van der Waals surface area (Å²) in [6, 6.07) is 0. The summed E-state index contributed by atoms with van der Waals surface area (Å²) < 4.78 is 0. The quantitative estimate of drug-likeness (QED) is 0.752. The fraction of sp³-hybridized carbons (Fsp3) is 0.947. The van der Waals surface area contributed by atoms with Crippen LogP contribution in [0.2, 0.25) is 0 Å². The molecule has 2 aliphatic rings. The second-order valence-electron chi connectivity index (χ2n) is 8.10. The molecule has 0 N–H and O–H groups in total. The van der Waals surface area contributed by atoms with E-state index in [2.05, 4.69) is 23.6 Å². The molecule has 2 fully saturated rings. The van der Waals surface area contributed by atoms with Crippen molar-refractivity contribution in [3.8, 4) is 0 Å². The standard InChI is InChI=1S/C19H36N2O/c1-15(2)17-5-9-20(10-6-17)13-14-21-11-7-18(8-12-21)19(22)16(3)4/h15-18H,5-14H2,1-4H3. The van der Waals surface area contributed by atoms with E-state index in [4.69, 9.17) is 0 Å². The lowest BCUT2D eigenvalue weighted by Gasteiger charge is -2.36. The van der Waals surface area contributed by atoms with Gasteiger partial charge in [-0.05, 0) is 63.7 Å². The second-order valence-corrected chi connectivity index (χ2v) is 8.10. The first-order chi connectivity index (χ1) is 10.5. The molecule has 0 aromatic heterocycles. The molecule has 0 radical (unpaired) electrons. The van der Waals surface area contributed by atoms with Gasteiger partial charge in [-0.15, -0.1) is 0 Å². The summed E-state index contributed by atoms with van der Waals surface area (Å²) in [7, 11) is 0. The van der Waals surface area contributed by atoms with Gasteiger partial charge in [-0.2, -0.15) is 0 Å². The van der Waals surface area contributed by atoms with E-state index in [-0.39, 0.29) is 5.92 Å². The lowest BCUT2D eigenvalue weighted by molar-refractivity contribution is -0.127. The molecule has 0 spiro atoms. The number of hydrogen-bond acceptors (Lipinski definition) is 3. The van der Waals surface area contributed by atoms with Crippen LogP contribution in [0.3, 0.4) is 0 Å². The maximum atomic E-state index is 12.1. The van der Waals surface area contributed by atoms with Gasteiger partial charge in [0.25, 0.3) is 0 Å². The molecule has 2 saturated heterocycles. The highest BCUT2D eigenvalue weighted by molar-refractivity contribution is 5.82. The van der Waals surface area contributed by atoms with Crippen molar-refractivity contribution in [2.24, 2.45) is 23.7 Å². The van der Waals surface area contributed by atoms with Crippen molar-refractivity contribution in [3.05, 3.63) is 0 Å². The Kier molecular flexibility index (Phi) is 6.88. The van der Waals surface area contributed by atoms with Crippen LogP contribution in [0.5, 0.6) is 0 Å². The number of nitrogens with zero attached hydrogens (tertiary/aromatic N) is 2. The third-order valence-electron chi connectivity index (χ3n) is 5.87. The maximum absolute atomic E-state index is 12.1. The van der Waals surface area contributed by atoms with Crippen molar-refractivity contribution >= 4 is 5.78 Å². The van der Waals surface area contributed by atoms with Gasteiger partial charge in [-0.25, -0.2) is 0 Å². The first-order valence-corrected chi connectivity index (χ1v) is 9.45. The van der Waals surface area contributed by atoms with Gasteiger partial charge in [0.15, 0.2) is 0 Å². The predicted octanol–water partition coefficient (Wildman–Crippen LogP) is 3.29. The van der Waals surface area contributed by atoms with Crippen LogP contribution in [-0.4, -0.2) is 54.9 Å². The molecule has 22 heavy (non-hydrogen) atoms. The fourth-order valence-electron chi connectivity index (χ4n) is 4.04. The van der Waals surface area contributed by atoms with Crippen LogP contribution >= 0.6 is 0 Å². The molecule has 2 rings (SSSR count). The van der Waals surface area contributed by atoms with Gasteiger partial charge in [0.05, 0.1) is 0 Å². The largest absolute Gasteiger partial charge is 0.302 e. The number of piperidine rings is 2. The average molecular weight is 309 g/mol. The number of likely N-dealkylation sites (tertiary alicyclic amines) is 2. The molecule has 0 aliphatic carbocycles. The SMILES string of the molecule is CC(C)C(=O)C1CCN(CCN2CCC(C(C)C)CC2)CC1. The summed E-state index contributed by atoms with van der Waals surface area (Å²) in [5.41, 5.74) is 0. The third-order valence-corrected chi connectivity index (χ3v) is 5.87. The molecule has 3 nitrogen and oxygen atoms in total. The lowest BCUT2D eigenvalue weighted by atomic mass is 9.86. The zero-order valence-electron chi connectivity index (χ0n) is 15.2. The van der Waals surface area contributed by atoms with Crippen molar-refractivity contribution < 1.29 is 4.79 Å². The van der Waals surface area contributed by atoms with Crippen molar-refractivity contribution in [1.82, 2.24) is 9.80 Å². The van der Waals surface area contributed by atoms with Crippen LogP contribution in [-0.2, 0) is 4.79 Å². The van der Waals surface area contributed by atoms with Gasteiger partial charge in [-0.3, -0.25) is 4.79 Å². The molecule has 2 heterocycles. The van der Waals surface area contributed by atoms with E-state index in [0.29, 0.717) is 11.7 Å². The average Bonchev–Trinajstić information content (AvgIpc) is 2.53. The molecule has 3 heteroatoms. The van der Waals surface area contributed by atoms with E-state index >= 15 is 0 Å². The maximum Gasteiger partial charge on any atom is 0.138 e. The molecule has 0 amide bonds. The van der Waals surface area contributed by atoms with E-state index in [1.54, 1.807) is 0 Å². The minimum Gasteiger partial charge on any atom is -0.302 e. The number of carbonyl (C=O) groups excluding carboxylic acids is 1. The summed E-state index contributed by atoms with van der Waals surface area (Å²) in [6.07, 6.45) is 4.91. The Balaban J connectivity index is 1.62.